The predicted molar refractivity (Wildman–Crippen MR) is 86.4 cm³/mol. The van der Waals surface area contributed by atoms with Gasteiger partial charge in [0, 0.05) is 25.0 Å². The number of primary amides is 1. The Morgan fingerprint density at radius 1 is 1.26 bits per heavy atom. The maximum Gasteiger partial charge on any atom is 0.318 e. The SMILES string of the molecule is CC(C)[C@H](Sc1nnc(-c2ccncc2)n1C)C(=O)NC(N)=O. The van der Waals surface area contributed by atoms with Crippen molar-refractivity contribution in [2.24, 2.45) is 18.7 Å². The molecule has 9 heteroatoms. The van der Waals surface area contributed by atoms with Gasteiger partial charge in [-0.05, 0) is 18.1 Å². The van der Waals surface area contributed by atoms with Crippen LogP contribution < -0.4 is 11.1 Å². The van der Waals surface area contributed by atoms with Gasteiger partial charge in [-0.3, -0.25) is 15.1 Å². The van der Waals surface area contributed by atoms with Crippen LogP contribution in [0.2, 0.25) is 0 Å². The molecular weight excluding hydrogens is 316 g/mol. The van der Waals surface area contributed by atoms with E-state index in [-0.39, 0.29) is 5.92 Å². The Hall–Kier alpha value is -2.42. The van der Waals surface area contributed by atoms with Gasteiger partial charge in [-0.25, -0.2) is 4.79 Å². The number of aromatic nitrogens is 4. The molecule has 0 aromatic carbocycles. The van der Waals surface area contributed by atoms with Crippen LogP contribution in [-0.2, 0) is 11.8 Å². The summed E-state index contributed by atoms with van der Waals surface area (Å²) in [5.74, 6) is 0.221. The number of nitrogens with zero attached hydrogens (tertiary/aromatic N) is 4. The summed E-state index contributed by atoms with van der Waals surface area (Å²) >= 11 is 1.24. The highest BCUT2D eigenvalue weighted by molar-refractivity contribution is 8.00. The van der Waals surface area contributed by atoms with Gasteiger partial charge in [0.05, 0.1) is 5.25 Å². The average Bonchev–Trinajstić information content (AvgIpc) is 2.85. The maximum absolute atomic E-state index is 12.1. The second kappa shape index (κ2) is 7.23. The van der Waals surface area contributed by atoms with E-state index < -0.39 is 17.2 Å². The monoisotopic (exact) mass is 334 g/mol. The lowest BCUT2D eigenvalue weighted by molar-refractivity contribution is -0.120. The van der Waals surface area contributed by atoms with Crippen LogP contribution in [0.25, 0.3) is 11.4 Å². The number of rotatable bonds is 5. The molecule has 0 radical (unpaired) electrons. The Kier molecular flexibility index (Phi) is 5.32. The number of hydrogen-bond donors (Lipinski definition) is 2. The third-order valence-corrected chi connectivity index (χ3v) is 4.69. The number of amides is 3. The Balaban J connectivity index is 2.23. The van der Waals surface area contributed by atoms with E-state index in [9.17, 15) is 9.59 Å². The van der Waals surface area contributed by atoms with Crippen molar-refractivity contribution >= 4 is 23.7 Å². The van der Waals surface area contributed by atoms with Gasteiger partial charge in [-0.2, -0.15) is 0 Å². The Bertz CT molecular complexity index is 701. The lowest BCUT2D eigenvalue weighted by atomic mass is 10.1. The van der Waals surface area contributed by atoms with Crippen LogP contribution in [0.4, 0.5) is 4.79 Å². The van der Waals surface area contributed by atoms with Crippen molar-refractivity contribution in [1.29, 1.82) is 0 Å². The molecule has 23 heavy (non-hydrogen) atoms. The first-order valence-corrected chi connectivity index (χ1v) is 7.85. The molecule has 3 N–H and O–H groups in total. The number of urea groups is 1. The Morgan fingerprint density at radius 3 is 2.48 bits per heavy atom. The van der Waals surface area contributed by atoms with E-state index in [4.69, 9.17) is 5.73 Å². The zero-order valence-electron chi connectivity index (χ0n) is 13.1. The lowest BCUT2D eigenvalue weighted by Gasteiger charge is -2.18. The summed E-state index contributed by atoms with van der Waals surface area (Å²) in [5, 5.41) is 10.5. The number of nitrogens with two attached hydrogens (primary N) is 1. The van der Waals surface area contributed by atoms with Gasteiger partial charge in [-0.1, -0.05) is 25.6 Å². The third kappa shape index (κ3) is 4.07. The van der Waals surface area contributed by atoms with E-state index in [1.165, 1.54) is 11.8 Å². The molecule has 0 spiro atoms. The molecule has 0 aliphatic rings. The van der Waals surface area contributed by atoms with Crippen molar-refractivity contribution in [3.63, 3.8) is 0 Å². The van der Waals surface area contributed by atoms with Crippen LogP contribution in [0.3, 0.4) is 0 Å². The number of nitrogens with one attached hydrogen (secondary N) is 1. The van der Waals surface area contributed by atoms with Gasteiger partial charge in [0.15, 0.2) is 11.0 Å². The van der Waals surface area contributed by atoms with E-state index in [0.29, 0.717) is 11.0 Å². The summed E-state index contributed by atoms with van der Waals surface area (Å²) in [7, 11) is 1.82. The molecule has 2 aromatic rings. The fraction of sp³-hybridized carbons (Fsp3) is 0.357. The normalized spacial score (nSPS) is 12.2. The van der Waals surface area contributed by atoms with E-state index in [1.54, 1.807) is 17.0 Å². The first kappa shape index (κ1) is 16.9. The van der Waals surface area contributed by atoms with Crippen LogP contribution in [0, 0.1) is 5.92 Å². The number of imide groups is 1. The number of hydrogen-bond acceptors (Lipinski definition) is 6. The van der Waals surface area contributed by atoms with Crippen LogP contribution in [0.1, 0.15) is 13.8 Å². The van der Waals surface area contributed by atoms with Crippen molar-refractivity contribution in [1.82, 2.24) is 25.1 Å². The van der Waals surface area contributed by atoms with Gasteiger partial charge in [0.2, 0.25) is 5.91 Å². The van der Waals surface area contributed by atoms with Crippen molar-refractivity contribution in [3.8, 4) is 11.4 Å². The van der Waals surface area contributed by atoms with Crippen LogP contribution in [-0.4, -0.2) is 36.9 Å². The third-order valence-electron chi connectivity index (χ3n) is 3.12. The minimum atomic E-state index is -0.864. The first-order valence-electron chi connectivity index (χ1n) is 6.97. The summed E-state index contributed by atoms with van der Waals surface area (Å²) in [6.45, 7) is 3.77. The summed E-state index contributed by atoms with van der Waals surface area (Å²) in [6, 6.07) is 2.80. The Morgan fingerprint density at radius 2 is 1.91 bits per heavy atom. The molecular formula is C14H18N6O2S. The van der Waals surface area contributed by atoms with Crippen molar-refractivity contribution < 1.29 is 9.59 Å². The highest BCUT2D eigenvalue weighted by Gasteiger charge is 2.27. The summed E-state index contributed by atoms with van der Waals surface area (Å²) in [6.07, 6.45) is 3.35. The highest BCUT2D eigenvalue weighted by Crippen LogP contribution is 2.29. The zero-order valence-corrected chi connectivity index (χ0v) is 13.9. The summed E-state index contributed by atoms with van der Waals surface area (Å²) < 4.78 is 1.80. The molecule has 0 aliphatic carbocycles. The molecule has 0 saturated heterocycles. The lowest BCUT2D eigenvalue weighted by Crippen LogP contribution is -2.42. The quantitative estimate of drug-likeness (QED) is 0.793. The number of thioether (sulfide) groups is 1. The Labute approximate surface area is 137 Å². The van der Waals surface area contributed by atoms with Gasteiger partial charge < -0.3 is 10.3 Å². The van der Waals surface area contributed by atoms with Crippen LogP contribution in [0.5, 0.6) is 0 Å². The molecule has 3 amide bonds. The summed E-state index contributed by atoms with van der Waals surface area (Å²) in [5.41, 5.74) is 5.89. The predicted octanol–water partition coefficient (Wildman–Crippen LogP) is 1.19. The molecule has 0 aliphatic heterocycles. The van der Waals surface area contributed by atoms with Gasteiger partial charge in [0.1, 0.15) is 0 Å². The maximum atomic E-state index is 12.1. The van der Waals surface area contributed by atoms with Crippen molar-refractivity contribution in [2.45, 2.75) is 24.3 Å². The second-order valence-corrected chi connectivity index (χ2v) is 6.35. The first-order chi connectivity index (χ1) is 10.9. The highest BCUT2D eigenvalue weighted by atomic mass is 32.2. The molecule has 0 unspecified atom stereocenters. The standard InChI is InChI=1S/C14H18N6O2S/c1-8(2)10(12(21)17-13(15)22)23-14-19-18-11(20(14)3)9-4-6-16-7-5-9/h4-8,10H,1-3H3,(H3,15,17,21,22)/t10-/m0/s1. The largest absolute Gasteiger partial charge is 0.351 e. The molecule has 8 nitrogen and oxygen atoms in total. The topological polar surface area (TPSA) is 116 Å². The van der Waals surface area contributed by atoms with Crippen LogP contribution >= 0.6 is 11.8 Å². The molecule has 0 saturated carbocycles. The van der Waals surface area contributed by atoms with E-state index in [1.807, 2.05) is 33.0 Å². The number of carbonyl (C=O) groups excluding carboxylic acids is 2. The molecule has 2 rings (SSSR count). The van der Waals surface area contributed by atoms with Crippen molar-refractivity contribution in [3.05, 3.63) is 24.5 Å². The molecule has 0 bridgehead atoms. The molecule has 2 aromatic heterocycles. The minimum absolute atomic E-state index is 0.0135. The molecule has 1 atom stereocenters. The minimum Gasteiger partial charge on any atom is -0.351 e. The average molecular weight is 334 g/mol. The van der Waals surface area contributed by atoms with Gasteiger partial charge in [0.25, 0.3) is 0 Å². The smallest absolute Gasteiger partial charge is 0.318 e. The fourth-order valence-corrected chi connectivity index (χ4v) is 2.97. The van der Waals surface area contributed by atoms with Crippen molar-refractivity contribution in [2.75, 3.05) is 0 Å². The molecule has 2 heterocycles. The summed E-state index contributed by atoms with van der Waals surface area (Å²) in [4.78, 5) is 26.9. The van der Waals surface area contributed by atoms with E-state index >= 15 is 0 Å². The molecule has 122 valence electrons. The fourth-order valence-electron chi connectivity index (χ4n) is 1.97. The molecule has 0 fully saturated rings. The van der Waals surface area contributed by atoms with Crippen LogP contribution in [0.15, 0.2) is 29.7 Å². The number of pyridine rings is 1. The number of carbonyl (C=O) groups is 2. The van der Waals surface area contributed by atoms with E-state index in [2.05, 4.69) is 20.5 Å². The van der Waals surface area contributed by atoms with Gasteiger partial charge in [-0.15, -0.1) is 10.2 Å². The zero-order chi connectivity index (χ0) is 17.0. The second-order valence-electron chi connectivity index (χ2n) is 5.24. The van der Waals surface area contributed by atoms with Gasteiger partial charge >= 0.3 is 6.03 Å². The van der Waals surface area contributed by atoms with E-state index in [0.717, 1.165) is 5.56 Å².